The third-order valence-electron chi connectivity index (χ3n) is 3.05. The molecule has 0 fully saturated rings. The van der Waals surface area contributed by atoms with Crippen LogP contribution >= 0.6 is 0 Å². The summed E-state index contributed by atoms with van der Waals surface area (Å²) in [5.74, 6) is -0.211. The molecule has 0 aliphatic heterocycles. The summed E-state index contributed by atoms with van der Waals surface area (Å²) in [5, 5.41) is 9.82. The fourth-order valence-corrected chi connectivity index (χ4v) is 2.00. The molecule has 1 aromatic carbocycles. The van der Waals surface area contributed by atoms with Gasteiger partial charge in [-0.3, -0.25) is 0 Å². The minimum absolute atomic E-state index is 0.211. The van der Waals surface area contributed by atoms with E-state index < -0.39 is 6.10 Å². The molecule has 0 aliphatic rings. The molecule has 0 saturated carbocycles. The zero-order chi connectivity index (χ0) is 12.5. The van der Waals surface area contributed by atoms with Crippen molar-refractivity contribution in [3.63, 3.8) is 0 Å². The van der Waals surface area contributed by atoms with Crippen molar-refractivity contribution >= 4 is 0 Å². The SMILES string of the molecule is CCCCCCCC(O)Cc1ccccc1F. The average molecular weight is 238 g/mol. The number of hydrogen-bond donors (Lipinski definition) is 1. The highest BCUT2D eigenvalue weighted by atomic mass is 19.1. The van der Waals surface area contributed by atoms with Crippen LogP contribution in [-0.2, 0) is 6.42 Å². The molecule has 1 atom stereocenters. The maximum absolute atomic E-state index is 13.3. The van der Waals surface area contributed by atoms with Crippen molar-refractivity contribution < 1.29 is 9.50 Å². The molecule has 0 saturated heterocycles. The van der Waals surface area contributed by atoms with E-state index in [0.29, 0.717) is 12.0 Å². The normalized spacial score (nSPS) is 12.6. The van der Waals surface area contributed by atoms with Crippen molar-refractivity contribution in [2.75, 3.05) is 0 Å². The lowest BCUT2D eigenvalue weighted by molar-refractivity contribution is 0.159. The van der Waals surface area contributed by atoms with Gasteiger partial charge >= 0.3 is 0 Å². The van der Waals surface area contributed by atoms with Gasteiger partial charge in [0.25, 0.3) is 0 Å². The maximum atomic E-state index is 13.3. The Balaban J connectivity index is 2.21. The maximum Gasteiger partial charge on any atom is 0.126 e. The minimum atomic E-state index is -0.409. The minimum Gasteiger partial charge on any atom is -0.393 e. The molecule has 1 rings (SSSR count). The average Bonchev–Trinajstić information content (AvgIpc) is 2.32. The van der Waals surface area contributed by atoms with Crippen LogP contribution < -0.4 is 0 Å². The molecule has 1 unspecified atom stereocenters. The Morgan fingerprint density at radius 2 is 1.82 bits per heavy atom. The third-order valence-corrected chi connectivity index (χ3v) is 3.05. The molecule has 2 heteroatoms. The molecule has 0 aliphatic carbocycles. The van der Waals surface area contributed by atoms with Gasteiger partial charge in [-0.05, 0) is 18.1 Å². The van der Waals surface area contributed by atoms with E-state index in [2.05, 4.69) is 6.92 Å². The summed E-state index contributed by atoms with van der Waals surface area (Å²) in [6.07, 6.45) is 6.74. The second-order valence-corrected chi connectivity index (χ2v) is 4.65. The highest BCUT2D eigenvalue weighted by Crippen LogP contribution is 2.13. The van der Waals surface area contributed by atoms with E-state index in [1.807, 2.05) is 6.07 Å². The van der Waals surface area contributed by atoms with Crippen molar-refractivity contribution in [1.29, 1.82) is 0 Å². The van der Waals surface area contributed by atoms with E-state index in [0.717, 1.165) is 12.8 Å². The van der Waals surface area contributed by atoms with Gasteiger partial charge in [0, 0.05) is 6.42 Å². The van der Waals surface area contributed by atoms with Crippen LogP contribution in [0.1, 0.15) is 51.0 Å². The van der Waals surface area contributed by atoms with E-state index >= 15 is 0 Å². The van der Waals surface area contributed by atoms with Crippen LogP contribution in [0.2, 0.25) is 0 Å². The van der Waals surface area contributed by atoms with Gasteiger partial charge in [0.2, 0.25) is 0 Å². The Hall–Kier alpha value is -0.890. The number of halogens is 1. The molecule has 0 spiro atoms. The highest BCUT2D eigenvalue weighted by Gasteiger charge is 2.08. The van der Waals surface area contributed by atoms with E-state index in [1.54, 1.807) is 12.1 Å². The Morgan fingerprint density at radius 1 is 1.12 bits per heavy atom. The summed E-state index contributed by atoms with van der Waals surface area (Å²) in [6, 6.07) is 6.68. The number of unbranched alkanes of at least 4 members (excludes halogenated alkanes) is 4. The van der Waals surface area contributed by atoms with E-state index in [9.17, 15) is 9.50 Å². The number of aliphatic hydroxyl groups is 1. The topological polar surface area (TPSA) is 20.2 Å². The van der Waals surface area contributed by atoms with Gasteiger partial charge in [-0.25, -0.2) is 4.39 Å². The first-order valence-corrected chi connectivity index (χ1v) is 6.65. The molecule has 1 nitrogen and oxygen atoms in total. The number of hydrogen-bond acceptors (Lipinski definition) is 1. The molecular weight excluding hydrogens is 215 g/mol. The van der Waals surface area contributed by atoms with E-state index in [4.69, 9.17) is 0 Å². The summed E-state index contributed by atoms with van der Waals surface area (Å²) in [7, 11) is 0. The fraction of sp³-hybridized carbons (Fsp3) is 0.600. The predicted molar refractivity (Wildman–Crippen MR) is 69.5 cm³/mol. The largest absolute Gasteiger partial charge is 0.393 e. The van der Waals surface area contributed by atoms with Crippen LogP contribution in [0.5, 0.6) is 0 Å². The van der Waals surface area contributed by atoms with Crippen molar-refractivity contribution in [3.05, 3.63) is 35.6 Å². The van der Waals surface area contributed by atoms with Crippen LogP contribution in [0, 0.1) is 5.82 Å². The standard InChI is InChI=1S/C15H23FO/c1-2-3-4-5-6-10-14(17)12-13-9-7-8-11-15(13)16/h7-9,11,14,17H,2-6,10,12H2,1H3. The smallest absolute Gasteiger partial charge is 0.126 e. The van der Waals surface area contributed by atoms with Gasteiger partial charge in [0.05, 0.1) is 6.10 Å². The fourth-order valence-electron chi connectivity index (χ4n) is 2.00. The first-order chi connectivity index (χ1) is 8.24. The zero-order valence-corrected chi connectivity index (χ0v) is 10.7. The molecule has 0 heterocycles. The molecule has 1 N–H and O–H groups in total. The van der Waals surface area contributed by atoms with Crippen molar-refractivity contribution in [2.45, 2.75) is 58.0 Å². The number of benzene rings is 1. The molecular formula is C15H23FO. The quantitative estimate of drug-likeness (QED) is 0.676. The van der Waals surface area contributed by atoms with Crippen LogP contribution in [0.4, 0.5) is 4.39 Å². The Labute approximate surface area is 104 Å². The van der Waals surface area contributed by atoms with Gasteiger partial charge in [-0.1, -0.05) is 57.2 Å². The lowest BCUT2D eigenvalue weighted by Gasteiger charge is -2.11. The Kier molecular flexibility index (Phi) is 6.87. The van der Waals surface area contributed by atoms with Crippen molar-refractivity contribution in [3.8, 4) is 0 Å². The van der Waals surface area contributed by atoms with Crippen molar-refractivity contribution in [2.24, 2.45) is 0 Å². The van der Waals surface area contributed by atoms with Gasteiger partial charge in [0.15, 0.2) is 0 Å². The summed E-state index contributed by atoms with van der Waals surface area (Å²) in [4.78, 5) is 0. The molecule has 17 heavy (non-hydrogen) atoms. The Morgan fingerprint density at radius 3 is 2.53 bits per heavy atom. The van der Waals surface area contributed by atoms with Crippen molar-refractivity contribution in [1.82, 2.24) is 0 Å². The van der Waals surface area contributed by atoms with Crippen LogP contribution in [-0.4, -0.2) is 11.2 Å². The lowest BCUT2D eigenvalue weighted by atomic mass is 10.0. The second kappa shape index (κ2) is 8.24. The van der Waals surface area contributed by atoms with Crippen LogP contribution in [0.15, 0.2) is 24.3 Å². The Bertz CT molecular complexity index is 312. The number of rotatable bonds is 8. The monoisotopic (exact) mass is 238 g/mol. The summed E-state index contributed by atoms with van der Waals surface area (Å²) < 4.78 is 13.3. The lowest BCUT2D eigenvalue weighted by Crippen LogP contribution is -2.11. The van der Waals surface area contributed by atoms with Gasteiger partial charge < -0.3 is 5.11 Å². The third kappa shape index (κ3) is 5.83. The van der Waals surface area contributed by atoms with Crippen LogP contribution in [0.3, 0.4) is 0 Å². The zero-order valence-electron chi connectivity index (χ0n) is 10.7. The molecule has 0 bridgehead atoms. The van der Waals surface area contributed by atoms with E-state index in [1.165, 1.54) is 31.7 Å². The summed E-state index contributed by atoms with van der Waals surface area (Å²) in [6.45, 7) is 2.19. The second-order valence-electron chi connectivity index (χ2n) is 4.65. The summed E-state index contributed by atoms with van der Waals surface area (Å²) in [5.41, 5.74) is 0.619. The predicted octanol–water partition coefficient (Wildman–Crippen LogP) is 4.09. The molecule has 96 valence electrons. The molecule has 0 radical (unpaired) electrons. The van der Waals surface area contributed by atoms with Gasteiger partial charge in [0.1, 0.15) is 5.82 Å². The van der Waals surface area contributed by atoms with Gasteiger partial charge in [-0.15, -0.1) is 0 Å². The first kappa shape index (κ1) is 14.2. The highest BCUT2D eigenvalue weighted by molar-refractivity contribution is 5.17. The molecule has 0 aromatic heterocycles. The number of aliphatic hydroxyl groups excluding tert-OH is 1. The van der Waals surface area contributed by atoms with E-state index in [-0.39, 0.29) is 5.82 Å². The van der Waals surface area contributed by atoms with Gasteiger partial charge in [-0.2, -0.15) is 0 Å². The molecule has 1 aromatic rings. The van der Waals surface area contributed by atoms with Crippen LogP contribution in [0.25, 0.3) is 0 Å². The summed E-state index contributed by atoms with van der Waals surface area (Å²) >= 11 is 0. The molecule has 0 amide bonds. The first-order valence-electron chi connectivity index (χ1n) is 6.65.